The summed E-state index contributed by atoms with van der Waals surface area (Å²) in [5.41, 5.74) is 4.07. The molecule has 0 heterocycles. The molecule has 0 unspecified atom stereocenters. The quantitative estimate of drug-likeness (QED) is 0.772. The van der Waals surface area contributed by atoms with Crippen LogP contribution in [-0.4, -0.2) is 41.3 Å². The van der Waals surface area contributed by atoms with Crippen LogP contribution in [0.5, 0.6) is 0 Å². The number of benzene rings is 2. The van der Waals surface area contributed by atoms with Crippen molar-refractivity contribution >= 4 is 12.1 Å². The molecule has 0 atom stereocenters. The Kier molecular flexibility index (Phi) is 5.31. The largest absolute Gasteiger partial charge is 0.481 e. The molecule has 1 N–H and O–H groups in total. The van der Waals surface area contributed by atoms with Crippen LogP contribution in [0, 0.1) is 0 Å². The Labute approximate surface area is 171 Å². The van der Waals surface area contributed by atoms with Crippen LogP contribution in [0.3, 0.4) is 0 Å². The van der Waals surface area contributed by atoms with E-state index in [4.69, 9.17) is 4.74 Å². The van der Waals surface area contributed by atoms with Crippen LogP contribution in [0.25, 0.3) is 11.1 Å². The van der Waals surface area contributed by atoms with Crippen LogP contribution in [0.4, 0.5) is 4.79 Å². The van der Waals surface area contributed by atoms with Gasteiger partial charge in [-0.05, 0) is 35.1 Å². The van der Waals surface area contributed by atoms with E-state index in [1.165, 1.54) is 22.3 Å². The van der Waals surface area contributed by atoms with E-state index in [0.29, 0.717) is 12.8 Å². The molecule has 2 aromatic rings. The summed E-state index contributed by atoms with van der Waals surface area (Å²) < 4.78 is 5.76. The lowest BCUT2D eigenvalue weighted by Gasteiger charge is -2.43. The number of amides is 1. The van der Waals surface area contributed by atoms with Crippen LogP contribution in [0.1, 0.15) is 55.6 Å². The summed E-state index contributed by atoms with van der Waals surface area (Å²) >= 11 is 0. The third kappa shape index (κ3) is 3.61. The average molecular weight is 393 g/mol. The number of carbonyl (C=O) groups is 2. The van der Waals surface area contributed by atoms with Crippen molar-refractivity contribution in [3.63, 3.8) is 0 Å². The molecule has 152 valence electrons. The van der Waals surface area contributed by atoms with E-state index >= 15 is 0 Å². The molecule has 1 fully saturated rings. The Morgan fingerprint density at radius 2 is 1.55 bits per heavy atom. The lowest BCUT2D eigenvalue weighted by Crippen LogP contribution is -2.52. The highest BCUT2D eigenvalue weighted by Crippen LogP contribution is 2.44. The van der Waals surface area contributed by atoms with Crippen molar-refractivity contribution in [1.82, 2.24) is 4.90 Å². The van der Waals surface area contributed by atoms with Gasteiger partial charge in [0.2, 0.25) is 0 Å². The van der Waals surface area contributed by atoms with Gasteiger partial charge in [0.25, 0.3) is 0 Å². The number of hydrogen-bond acceptors (Lipinski definition) is 3. The van der Waals surface area contributed by atoms with E-state index in [0.717, 1.165) is 19.3 Å². The zero-order valence-corrected chi connectivity index (χ0v) is 16.8. The number of aliphatic carboxylic acids is 1. The van der Waals surface area contributed by atoms with Crippen molar-refractivity contribution in [3.05, 3.63) is 59.7 Å². The molecule has 1 saturated carbocycles. The number of fused-ring (bicyclic) bond motifs is 3. The van der Waals surface area contributed by atoms with Gasteiger partial charge in [0.05, 0.1) is 12.0 Å². The molecule has 5 nitrogen and oxygen atoms in total. The summed E-state index contributed by atoms with van der Waals surface area (Å²) in [7, 11) is 1.69. The van der Waals surface area contributed by atoms with Gasteiger partial charge in [0, 0.05) is 13.0 Å². The van der Waals surface area contributed by atoms with Crippen molar-refractivity contribution < 1.29 is 19.4 Å². The van der Waals surface area contributed by atoms with Gasteiger partial charge in [0.15, 0.2) is 0 Å². The van der Waals surface area contributed by atoms with Gasteiger partial charge in [0.1, 0.15) is 6.61 Å². The first-order valence-electron chi connectivity index (χ1n) is 10.3. The zero-order chi connectivity index (χ0) is 20.4. The van der Waals surface area contributed by atoms with Gasteiger partial charge in [-0.25, -0.2) is 4.79 Å². The highest BCUT2D eigenvalue weighted by atomic mass is 16.6. The normalized spacial score (nSPS) is 17.3. The smallest absolute Gasteiger partial charge is 0.410 e. The molecule has 0 bridgehead atoms. The third-order valence-electron chi connectivity index (χ3n) is 6.59. The minimum absolute atomic E-state index is 0.00142. The Morgan fingerprint density at radius 1 is 1.00 bits per heavy atom. The lowest BCUT2D eigenvalue weighted by atomic mass is 9.78. The molecule has 0 spiro atoms. The van der Waals surface area contributed by atoms with E-state index in [2.05, 4.69) is 24.3 Å². The van der Waals surface area contributed by atoms with E-state index < -0.39 is 17.6 Å². The maximum Gasteiger partial charge on any atom is 0.410 e. The Hall–Kier alpha value is -2.82. The summed E-state index contributed by atoms with van der Waals surface area (Å²) in [4.78, 5) is 25.9. The van der Waals surface area contributed by atoms with Gasteiger partial charge < -0.3 is 14.7 Å². The number of nitrogens with zero attached hydrogens (tertiary/aromatic N) is 1. The summed E-state index contributed by atoms with van der Waals surface area (Å²) in [6, 6.07) is 16.4. The van der Waals surface area contributed by atoms with Gasteiger partial charge in [-0.3, -0.25) is 4.79 Å². The van der Waals surface area contributed by atoms with Crippen LogP contribution >= 0.6 is 0 Å². The third-order valence-corrected chi connectivity index (χ3v) is 6.59. The van der Waals surface area contributed by atoms with E-state index in [9.17, 15) is 14.7 Å². The first-order valence-corrected chi connectivity index (χ1v) is 10.3. The molecule has 0 aromatic heterocycles. The van der Waals surface area contributed by atoms with Gasteiger partial charge in [-0.2, -0.15) is 0 Å². The van der Waals surface area contributed by atoms with Crippen LogP contribution in [0.2, 0.25) is 0 Å². The number of carbonyl (C=O) groups excluding carboxylic acids is 1. The first-order chi connectivity index (χ1) is 14.0. The molecule has 2 aromatic carbocycles. The van der Waals surface area contributed by atoms with E-state index in [1.54, 1.807) is 11.9 Å². The fraction of sp³-hybridized carbons (Fsp3) is 0.417. The molecule has 29 heavy (non-hydrogen) atoms. The number of ether oxygens (including phenoxy) is 1. The van der Waals surface area contributed by atoms with E-state index in [-0.39, 0.29) is 18.9 Å². The summed E-state index contributed by atoms with van der Waals surface area (Å²) in [5.74, 6) is -0.869. The maximum atomic E-state index is 12.9. The van der Waals surface area contributed by atoms with Crippen molar-refractivity contribution in [3.8, 4) is 11.1 Å². The summed E-state index contributed by atoms with van der Waals surface area (Å²) in [6.45, 7) is 0.250. The zero-order valence-electron chi connectivity index (χ0n) is 16.8. The predicted molar refractivity (Wildman–Crippen MR) is 111 cm³/mol. The molecule has 2 aliphatic carbocycles. The molecule has 4 rings (SSSR count). The molecular weight excluding hydrogens is 366 g/mol. The van der Waals surface area contributed by atoms with Gasteiger partial charge in [-0.1, -0.05) is 67.8 Å². The summed E-state index contributed by atoms with van der Waals surface area (Å²) in [6.07, 6.45) is 3.91. The second-order valence-corrected chi connectivity index (χ2v) is 8.22. The SMILES string of the molecule is CN(C(=O)OCC1c2ccccc2-c2ccccc21)C1(CC(=O)O)CCCCC1. The Balaban J connectivity index is 1.51. The molecule has 0 saturated heterocycles. The predicted octanol–water partition coefficient (Wildman–Crippen LogP) is 5.04. The average Bonchev–Trinajstić information content (AvgIpc) is 3.05. The molecule has 1 amide bonds. The molecule has 0 aliphatic heterocycles. The fourth-order valence-corrected chi connectivity index (χ4v) is 5.01. The van der Waals surface area contributed by atoms with Crippen molar-refractivity contribution in [2.24, 2.45) is 0 Å². The number of rotatable bonds is 5. The minimum atomic E-state index is -0.870. The van der Waals surface area contributed by atoms with Gasteiger partial charge >= 0.3 is 12.1 Å². The monoisotopic (exact) mass is 393 g/mol. The first kappa shape index (κ1) is 19.5. The van der Waals surface area contributed by atoms with Gasteiger partial charge in [-0.15, -0.1) is 0 Å². The molecule has 2 aliphatic rings. The van der Waals surface area contributed by atoms with Crippen LogP contribution < -0.4 is 0 Å². The van der Waals surface area contributed by atoms with Crippen molar-refractivity contribution in [2.45, 2.75) is 50.0 Å². The standard InChI is InChI=1S/C24H27NO4/c1-25(24(15-22(26)27)13-7-2-8-14-24)23(28)29-16-21-19-11-5-3-9-17(19)18-10-4-6-12-20(18)21/h3-6,9-12,21H,2,7-8,13-16H2,1H3,(H,26,27). The summed E-state index contributed by atoms with van der Waals surface area (Å²) in [5, 5.41) is 9.40. The Morgan fingerprint density at radius 3 is 2.10 bits per heavy atom. The topological polar surface area (TPSA) is 66.8 Å². The number of carboxylic acids is 1. The molecular formula is C24H27NO4. The second kappa shape index (κ2) is 7.90. The molecule has 5 heteroatoms. The fourth-order valence-electron chi connectivity index (χ4n) is 5.01. The van der Waals surface area contributed by atoms with Crippen molar-refractivity contribution in [2.75, 3.05) is 13.7 Å². The lowest BCUT2D eigenvalue weighted by molar-refractivity contribution is -0.140. The van der Waals surface area contributed by atoms with E-state index in [1.807, 2.05) is 24.3 Å². The maximum absolute atomic E-state index is 12.9. The second-order valence-electron chi connectivity index (χ2n) is 8.22. The van der Waals surface area contributed by atoms with Crippen molar-refractivity contribution in [1.29, 1.82) is 0 Å². The van der Waals surface area contributed by atoms with Crippen LogP contribution in [-0.2, 0) is 9.53 Å². The molecule has 0 radical (unpaired) electrons. The highest BCUT2D eigenvalue weighted by molar-refractivity contribution is 5.79. The Bertz CT molecular complexity index is 871. The highest BCUT2D eigenvalue weighted by Gasteiger charge is 2.41. The van der Waals surface area contributed by atoms with Crippen LogP contribution in [0.15, 0.2) is 48.5 Å². The number of hydrogen-bond donors (Lipinski definition) is 1. The number of carboxylic acid groups (broad SMARTS) is 1. The minimum Gasteiger partial charge on any atom is -0.481 e.